The van der Waals surface area contributed by atoms with Crippen LogP contribution in [0.2, 0.25) is 5.02 Å². The summed E-state index contributed by atoms with van der Waals surface area (Å²) in [4.78, 5) is 11.9. The second-order valence-electron chi connectivity index (χ2n) is 5.67. The first-order valence-electron chi connectivity index (χ1n) is 7.60. The molecule has 1 fully saturated rings. The van der Waals surface area contributed by atoms with E-state index in [0.717, 1.165) is 10.8 Å². The lowest BCUT2D eigenvalue weighted by molar-refractivity contribution is -0.123. The quantitative estimate of drug-likeness (QED) is 0.752. The normalized spacial score (nSPS) is 19.8. The van der Waals surface area contributed by atoms with Crippen molar-refractivity contribution >= 4 is 40.7 Å². The number of carbonyl (C=O) groups excluding carboxylic acids is 1. The number of fused-ring (bicyclic) bond motifs is 1. The van der Waals surface area contributed by atoms with E-state index in [0.29, 0.717) is 30.4 Å². The molecule has 1 heterocycles. The van der Waals surface area contributed by atoms with Gasteiger partial charge in [-0.25, -0.2) is 0 Å². The molecule has 7 heteroatoms. The minimum atomic E-state index is -0.406. The van der Waals surface area contributed by atoms with E-state index in [-0.39, 0.29) is 30.8 Å². The number of halogens is 2. The summed E-state index contributed by atoms with van der Waals surface area (Å²) in [5.74, 6) is 0.473. The van der Waals surface area contributed by atoms with Gasteiger partial charge in [0.05, 0.1) is 6.10 Å². The zero-order valence-electron chi connectivity index (χ0n) is 13.0. The van der Waals surface area contributed by atoms with Crippen molar-refractivity contribution in [2.24, 2.45) is 5.92 Å². The smallest absolute Gasteiger partial charge is 0.257 e. The number of aliphatic hydroxyl groups is 1. The van der Waals surface area contributed by atoms with Crippen LogP contribution in [0.25, 0.3) is 10.8 Å². The van der Waals surface area contributed by atoms with Crippen LogP contribution in [0.1, 0.15) is 0 Å². The van der Waals surface area contributed by atoms with Crippen LogP contribution in [0.5, 0.6) is 5.75 Å². The van der Waals surface area contributed by atoms with Crippen LogP contribution in [-0.2, 0) is 4.79 Å². The molecule has 0 aromatic heterocycles. The van der Waals surface area contributed by atoms with Gasteiger partial charge in [-0.05, 0) is 12.1 Å². The Morgan fingerprint density at radius 2 is 2.00 bits per heavy atom. The van der Waals surface area contributed by atoms with Crippen LogP contribution >= 0.6 is 24.0 Å². The summed E-state index contributed by atoms with van der Waals surface area (Å²) in [6.07, 6.45) is -0.406. The van der Waals surface area contributed by atoms with Gasteiger partial charge in [0, 0.05) is 41.3 Å². The molecule has 0 saturated carbocycles. The van der Waals surface area contributed by atoms with Crippen LogP contribution in [0.4, 0.5) is 0 Å². The number of amides is 1. The van der Waals surface area contributed by atoms with E-state index in [9.17, 15) is 9.90 Å². The zero-order chi connectivity index (χ0) is 16.2. The van der Waals surface area contributed by atoms with E-state index in [1.807, 2.05) is 24.3 Å². The van der Waals surface area contributed by atoms with Crippen molar-refractivity contribution in [3.63, 3.8) is 0 Å². The molecule has 2 atom stereocenters. The van der Waals surface area contributed by atoms with Crippen molar-refractivity contribution in [1.29, 1.82) is 0 Å². The lowest BCUT2D eigenvalue weighted by atomic mass is 10.1. The Balaban J connectivity index is 0.00000208. The molecule has 5 nitrogen and oxygen atoms in total. The van der Waals surface area contributed by atoms with Crippen molar-refractivity contribution in [2.75, 3.05) is 26.2 Å². The molecule has 0 spiro atoms. The molecule has 0 aliphatic carbocycles. The molecule has 1 aliphatic heterocycles. The highest BCUT2D eigenvalue weighted by Crippen LogP contribution is 2.31. The van der Waals surface area contributed by atoms with Gasteiger partial charge in [0.2, 0.25) is 0 Å². The first kappa shape index (κ1) is 18.8. The van der Waals surface area contributed by atoms with Gasteiger partial charge >= 0.3 is 0 Å². The van der Waals surface area contributed by atoms with Crippen molar-refractivity contribution in [3.05, 3.63) is 41.4 Å². The van der Waals surface area contributed by atoms with Crippen molar-refractivity contribution in [1.82, 2.24) is 10.6 Å². The second-order valence-corrected chi connectivity index (χ2v) is 6.08. The average molecular weight is 371 g/mol. The topological polar surface area (TPSA) is 70.6 Å². The summed E-state index contributed by atoms with van der Waals surface area (Å²) in [5, 5.41) is 18.0. The SMILES string of the molecule is Cl.O=C(COc1ccc(Cl)c2ccccc12)NCC1CNCC1O. The van der Waals surface area contributed by atoms with Gasteiger partial charge in [0.25, 0.3) is 5.91 Å². The Hall–Kier alpha value is -1.53. The van der Waals surface area contributed by atoms with Crippen LogP contribution in [0.3, 0.4) is 0 Å². The Labute approximate surface area is 151 Å². The third-order valence-corrected chi connectivity index (χ3v) is 4.38. The molecule has 1 amide bonds. The minimum Gasteiger partial charge on any atom is -0.483 e. The van der Waals surface area contributed by atoms with Crippen molar-refractivity contribution < 1.29 is 14.6 Å². The van der Waals surface area contributed by atoms with Gasteiger partial charge in [0.1, 0.15) is 5.75 Å². The maximum absolute atomic E-state index is 11.9. The van der Waals surface area contributed by atoms with E-state index in [4.69, 9.17) is 16.3 Å². The van der Waals surface area contributed by atoms with Crippen molar-refractivity contribution in [3.8, 4) is 5.75 Å². The molecule has 3 rings (SSSR count). The number of β-amino-alcohol motifs (C(OH)–C–C–N with tert-alkyl or cyclic N) is 1. The fourth-order valence-corrected chi connectivity index (χ4v) is 2.96. The molecular formula is C17H20Cl2N2O3. The largest absolute Gasteiger partial charge is 0.483 e. The van der Waals surface area contributed by atoms with E-state index in [1.54, 1.807) is 12.1 Å². The third-order valence-electron chi connectivity index (χ3n) is 4.06. The van der Waals surface area contributed by atoms with Crippen LogP contribution in [0, 0.1) is 5.92 Å². The molecule has 0 radical (unpaired) electrons. The minimum absolute atomic E-state index is 0. The van der Waals surface area contributed by atoms with Crippen LogP contribution < -0.4 is 15.4 Å². The molecule has 2 unspecified atom stereocenters. The lowest BCUT2D eigenvalue weighted by Crippen LogP contribution is -2.36. The fourth-order valence-electron chi connectivity index (χ4n) is 2.73. The maximum atomic E-state index is 11.9. The highest BCUT2D eigenvalue weighted by molar-refractivity contribution is 6.35. The first-order valence-corrected chi connectivity index (χ1v) is 7.98. The Kier molecular flexibility index (Phi) is 6.69. The fraction of sp³-hybridized carbons (Fsp3) is 0.353. The molecule has 2 aromatic rings. The summed E-state index contributed by atoms with van der Waals surface area (Å²) >= 11 is 6.16. The summed E-state index contributed by atoms with van der Waals surface area (Å²) in [6.45, 7) is 1.66. The third kappa shape index (κ3) is 4.30. The second kappa shape index (κ2) is 8.53. The number of hydrogen-bond donors (Lipinski definition) is 3. The van der Waals surface area contributed by atoms with Gasteiger partial charge in [-0.15, -0.1) is 12.4 Å². The van der Waals surface area contributed by atoms with Gasteiger partial charge < -0.3 is 20.5 Å². The molecule has 24 heavy (non-hydrogen) atoms. The van der Waals surface area contributed by atoms with Gasteiger partial charge in [-0.3, -0.25) is 4.79 Å². The van der Waals surface area contributed by atoms with E-state index >= 15 is 0 Å². The molecule has 1 aliphatic rings. The highest BCUT2D eigenvalue weighted by Gasteiger charge is 2.25. The maximum Gasteiger partial charge on any atom is 0.257 e. The van der Waals surface area contributed by atoms with Crippen molar-refractivity contribution in [2.45, 2.75) is 6.10 Å². The zero-order valence-corrected chi connectivity index (χ0v) is 14.6. The van der Waals surface area contributed by atoms with Crippen LogP contribution in [-0.4, -0.2) is 43.4 Å². The number of aliphatic hydroxyl groups excluding tert-OH is 1. The average Bonchev–Trinajstić information content (AvgIpc) is 2.98. The Morgan fingerprint density at radius 1 is 1.25 bits per heavy atom. The summed E-state index contributed by atoms with van der Waals surface area (Å²) in [7, 11) is 0. The molecule has 1 saturated heterocycles. The van der Waals surface area contributed by atoms with E-state index in [2.05, 4.69) is 10.6 Å². The first-order chi connectivity index (χ1) is 11.1. The Bertz CT molecular complexity index is 711. The number of ether oxygens (including phenoxy) is 1. The standard InChI is InChI=1S/C17H19ClN2O3.ClH/c18-14-5-6-16(13-4-2-1-3-12(13)14)23-10-17(22)20-8-11-7-19-9-15(11)21;/h1-6,11,15,19,21H,7-10H2,(H,20,22);1H. The number of benzene rings is 2. The summed E-state index contributed by atoms with van der Waals surface area (Å²) in [5.41, 5.74) is 0. The lowest BCUT2D eigenvalue weighted by Gasteiger charge is -2.15. The highest BCUT2D eigenvalue weighted by atomic mass is 35.5. The Morgan fingerprint density at radius 3 is 2.71 bits per heavy atom. The predicted octanol–water partition coefficient (Wildman–Crippen LogP) is 1.99. The van der Waals surface area contributed by atoms with Gasteiger partial charge in [-0.1, -0.05) is 35.9 Å². The molecule has 130 valence electrons. The summed E-state index contributed by atoms with van der Waals surface area (Å²) in [6, 6.07) is 11.2. The van der Waals surface area contributed by atoms with E-state index < -0.39 is 6.10 Å². The molecule has 2 aromatic carbocycles. The molecule has 3 N–H and O–H groups in total. The van der Waals surface area contributed by atoms with Gasteiger partial charge in [-0.2, -0.15) is 0 Å². The molecular weight excluding hydrogens is 351 g/mol. The molecule has 0 bridgehead atoms. The number of rotatable bonds is 5. The number of nitrogens with one attached hydrogen (secondary N) is 2. The van der Waals surface area contributed by atoms with E-state index in [1.165, 1.54) is 0 Å². The number of carbonyl (C=O) groups is 1. The van der Waals surface area contributed by atoms with Crippen LogP contribution in [0.15, 0.2) is 36.4 Å². The van der Waals surface area contributed by atoms with Gasteiger partial charge in [0.15, 0.2) is 6.61 Å². The number of hydrogen-bond acceptors (Lipinski definition) is 4. The summed E-state index contributed by atoms with van der Waals surface area (Å²) < 4.78 is 5.63. The monoisotopic (exact) mass is 370 g/mol. The predicted molar refractivity (Wildman–Crippen MR) is 97.1 cm³/mol.